The minimum absolute atomic E-state index is 0.0218. The molecule has 4 aliphatic rings. The Kier molecular flexibility index (Phi) is 6.31. The fourth-order valence-corrected chi connectivity index (χ4v) is 10.4. The summed E-state index contributed by atoms with van der Waals surface area (Å²) in [6.07, 6.45) is 11.5. The second-order valence-electron chi connectivity index (χ2n) is 14.8. The Labute approximate surface area is 205 Å². The van der Waals surface area contributed by atoms with Crippen molar-refractivity contribution in [3.8, 4) is 0 Å². The summed E-state index contributed by atoms with van der Waals surface area (Å²) in [7, 11) is 0. The van der Waals surface area contributed by atoms with E-state index in [9.17, 15) is 10.2 Å². The van der Waals surface area contributed by atoms with E-state index in [2.05, 4.69) is 62.0 Å². The zero-order valence-electron chi connectivity index (χ0n) is 23.1. The summed E-state index contributed by atoms with van der Waals surface area (Å²) in [5, 5.41) is 22.6. The van der Waals surface area contributed by atoms with E-state index in [1.807, 2.05) is 0 Å². The standard InChI is InChI=1S/C31H54O2/c1-20(2)21(3)12-19-31(9,33)23-13-17-29(7)22(23)10-11-25-28(6)16-15-26(32)27(4,5)24(28)14-18-30(25,29)8/h21-26,32-33H,1,10-19H2,2-9H3/t21?,22-,23+,24+,25-,26+,28+,29-,30-,31+/m1/s1. The summed E-state index contributed by atoms with van der Waals surface area (Å²) >= 11 is 0. The van der Waals surface area contributed by atoms with Crippen LogP contribution in [0.4, 0.5) is 0 Å². The van der Waals surface area contributed by atoms with Gasteiger partial charge in [-0.25, -0.2) is 0 Å². The number of fused-ring (bicyclic) bond motifs is 5. The van der Waals surface area contributed by atoms with Crippen LogP contribution in [0.5, 0.6) is 0 Å². The highest BCUT2D eigenvalue weighted by molar-refractivity contribution is 5.18. The molecule has 2 N–H and O–H groups in total. The molecule has 0 aromatic heterocycles. The molecule has 2 nitrogen and oxygen atoms in total. The Morgan fingerprint density at radius 1 is 0.939 bits per heavy atom. The monoisotopic (exact) mass is 458 g/mol. The zero-order valence-corrected chi connectivity index (χ0v) is 23.1. The normalized spacial score (nSPS) is 49.3. The van der Waals surface area contributed by atoms with Gasteiger partial charge in [0.2, 0.25) is 0 Å². The van der Waals surface area contributed by atoms with Crippen LogP contribution in [0.3, 0.4) is 0 Å². The van der Waals surface area contributed by atoms with Crippen LogP contribution in [0, 0.1) is 51.2 Å². The van der Waals surface area contributed by atoms with Gasteiger partial charge in [-0.3, -0.25) is 0 Å². The first-order valence-corrected chi connectivity index (χ1v) is 14.2. The van der Waals surface area contributed by atoms with Crippen LogP contribution in [0.2, 0.25) is 0 Å². The minimum Gasteiger partial charge on any atom is -0.393 e. The van der Waals surface area contributed by atoms with Gasteiger partial charge in [0.05, 0.1) is 11.7 Å². The van der Waals surface area contributed by atoms with Gasteiger partial charge in [-0.1, -0.05) is 53.7 Å². The first kappa shape index (κ1) is 25.7. The lowest BCUT2D eigenvalue weighted by atomic mass is 9.35. The second-order valence-corrected chi connectivity index (χ2v) is 14.8. The lowest BCUT2D eigenvalue weighted by Gasteiger charge is -2.70. The van der Waals surface area contributed by atoms with Gasteiger partial charge in [-0.15, -0.1) is 0 Å². The smallest absolute Gasteiger partial charge is 0.0650 e. The van der Waals surface area contributed by atoms with E-state index in [1.165, 1.54) is 50.5 Å². The molecule has 0 aromatic rings. The van der Waals surface area contributed by atoms with Crippen molar-refractivity contribution < 1.29 is 10.2 Å². The Balaban J connectivity index is 1.59. The van der Waals surface area contributed by atoms with Gasteiger partial charge in [0.1, 0.15) is 0 Å². The predicted molar refractivity (Wildman–Crippen MR) is 139 cm³/mol. The maximum atomic E-state index is 11.8. The van der Waals surface area contributed by atoms with Crippen LogP contribution in [0.25, 0.3) is 0 Å². The van der Waals surface area contributed by atoms with Crippen molar-refractivity contribution >= 4 is 0 Å². The van der Waals surface area contributed by atoms with Crippen molar-refractivity contribution in [2.24, 2.45) is 51.2 Å². The molecular formula is C31H54O2. The number of rotatable bonds is 5. The van der Waals surface area contributed by atoms with Crippen molar-refractivity contribution in [2.75, 3.05) is 0 Å². The van der Waals surface area contributed by atoms with Gasteiger partial charge in [-0.05, 0) is 129 Å². The lowest BCUT2D eigenvalue weighted by molar-refractivity contribution is -0.225. The third kappa shape index (κ3) is 3.62. The quantitative estimate of drug-likeness (QED) is 0.413. The molecule has 0 spiro atoms. The maximum Gasteiger partial charge on any atom is 0.0650 e. The van der Waals surface area contributed by atoms with E-state index >= 15 is 0 Å². The zero-order chi connectivity index (χ0) is 24.6. The molecular weight excluding hydrogens is 404 g/mol. The fourth-order valence-electron chi connectivity index (χ4n) is 10.4. The predicted octanol–water partition coefficient (Wildman–Crippen LogP) is 7.78. The molecule has 0 saturated heterocycles. The number of aliphatic hydroxyl groups is 2. The highest BCUT2D eigenvalue weighted by Crippen LogP contribution is 2.75. The molecule has 1 unspecified atom stereocenters. The molecule has 10 atom stereocenters. The van der Waals surface area contributed by atoms with Crippen molar-refractivity contribution in [2.45, 2.75) is 131 Å². The third-order valence-electron chi connectivity index (χ3n) is 13.1. The summed E-state index contributed by atoms with van der Waals surface area (Å²) in [4.78, 5) is 0. The van der Waals surface area contributed by atoms with E-state index in [4.69, 9.17) is 0 Å². The highest BCUT2D eigenvalue weighted by atomic mass is 16.3. The second kappa shape index (κ2) is 8.09. The summed E-state index contributed by atoms with van der Waals surface area (Å²) < 4.78 is 0. The molecule has 2 heteroatoms. The SMILES string of the molecule is C=C(C)C(C)CC[C@](C)(O)[C@H]1CC[C@]2(C)[C@@H]1CC[C@@H]1[C@@]3(C)CC[C@H](O)C(C)(C)[C@@H]3CC[C@]12C. The molecule has 4 rings (SSSR count). The van der Waals surface area contributed by atoms with Crippen LogP contribution >= 0.6 is 0 Å². The van der Waals surface area contributed by atoms with Crippen molar-refractivity contribution in [1.29, 1.82) is 0 Å². The average molecular weight is 459 g/mol. The molecule has 0 bridgehead atoms. The van der Waals surface area contributed by atoms with E-state index in [0.717, 1.165) is 25.2 Å². The topological polar surface area (TPSA) is 40.5 Å². The number of hydrogen-bond acceptors (Lipinski definition) is 2. The summed E-state index contributed by atoms with van der Waals surface area (Å²) in [5.41, 5.74) is 1.68. The highest BCUT2D eigenvalue weighted by Gasteiger charge is 2.69. The summed E-state index contributed by atoms with van der Waals surface area (Å²) in [6.45, 7) is 23.2. The van der Waals surface area contributed by atoms with Crippen LogP contribution in [0.15, 0.2) is 12.2 Å². The fraction of sp³-hybridized carbons (Fsp3) is 0.935. The van der Waals surface area contributed by atoms with Gasteiger partial charge in [0.25, 0.3) is 0 Å². The molecule has 0 amide bonds. The molecule has 0 aromatic carbocycles. The average Bonchev–Trinajstić information content (AvgIpc) is 3.08. The first-order chi connectivity index (χ1) is 15.1. The molecule has 4 fully saturated rings. The first-order valence-electron chi connectivity index (χ1n) is 14.2. The number of allylic oxidation sites excluding steroid dienone is 1. The van der Waals surface area contributed by atoms with E-state index in [1.54, 1.807) is 0 Å². The van der Waals surface area contributed by atoms with E-state index in [-0.39, 0.29) is 11.5 Å². The number of aliphatic hydroxyl groups excluding tert-OH is 1. The van der Waals surface area contributed by atoms with Gasteiger partial charge in [-0.2, -0.15) is 0 Å². The molecule has 4 aliphatic carbocycles. The van der Waals surface area contributed by atoms with Gasteiger partial charge < -0.3 is 10.2 Å². The van der Waals surface area contributed by atoms with Crippen LogP contribution in [-0.2, 0) is 0 Å². The summed E-state index contributed by atoms with van der Waals surface area (Å²) in [6, 6.07) is 0. The molecule has 0 radical (unpaired) electrons. The van der Waals surface area contributed by atoms with Crippen LogP contribution in [-0.4, -0.2) is 21.9 Å². The Morgan fingerprint density at radius 2 is 1.58 bits per heavy atom. The van der Waals surface area contributed by atoms with Crippen molar-refractivity contribution in [1.82, 2.24) is 0 Å². The van der Waals surface area contributed by atoms with Crippen molar-refractivity contribution in [3.63, 3.8) is 0 Å². The van der Waals surface area contributed by atoms with E-state index < -0.39 is 5.60 Å². The Hall–Kier alpha value is -0.340. The van der Waals surface area contributed by atoms with Crippen LogP contribution in [0.1, 0.15) is 120 Å². The third-order valence-corrected chi connectivity index (χ3v) is 13.1. The molecule has 33 heavy (non-hydrogen) atoms. The Bertz CT molecular complexity index is 767. The molecule has 0 aliphatic heterocycles. The molecule has 190 valence electrons. The van der Waals surface area contributed by atoms with Crippen molar-refractivity contribution in [3.05, 3.63) is 12.2 Å². The summed E-state index contributed by atoms with van der Waals surface area (Å²) in [5.74, 6) is 2.90. The molecule has 0 heterocycles. The number of hydrogen-bond donors (Lipinski definition) is 2. The van der Waals surface area contributed by atoms with Crippen LogP contribution < -0.4 is 0 Å². The van der Waals surface area contributed by atoms with Gasteiger partial charge >= 0.3 is 0 Å². The minimum atomic E-state index is -0.576. The van der Waals surface area contributed by atoms with Gasteiger partial charge in [0.15, 0.2) is 0 Å². The maximum absolute atomic E-state index is 11.8. The lowest BCUT2D eigenvalue weighted by Crippen LogP contribution is -2.64. The van der Waals surface area contributed by atoms with E-state index in [0.29, 0.717) is 39.9 Å². The molecule has 4 saturated carbocycles. The largest absolute Gasteiger partial charge is 0.393 e. The van der Waals surface area contributed by atoms with Gasteiger partial charge in [0, 0.05) is 0 Å². The Morgan fingerprint density at radius 3 is 2.21 bits per heavy atom.